The van der Waals surface area contributed by atoms with Gasteiger partial charge in [0.15, 0.2) is 23.0 Å². The maximum absolute atomic E-state index is 10.7. The zero-order valence-corrected chi connectivity index (χ0v) is 19.2. The summed E-state index contributed by atoms with van der Waals surface area (Å²) in [5.41, 5.74) is 3.07. The fraction of sp³-hybridized carbons (Fsp3) is 0.500. The van der Waals surface area contributed by atoms with Crippen LogP contribution in [0.5, 0.6) is 34.5 Å². The predicted octanol–water partition coefficient (Wildman–Crippen LogP) is 4.71. The summed E-state index contributed by atoms with van der Waals surface area (Å²) in [6.07, 6.45) is 0.387. The molecule has 0 heterocycles. The van der Waals surface area contributed by atoms with Crippen molar-refractivity contribution >= 4 is 0 Å². The third-order valence-electron chi connectivity index (χ3n) is 6.18. The van der Waals surface area contributed by atoms with Gasteiger partial charge in [0.2, 0.25) is 11.5 Å². The van der Waals surface area contributed by atoms with E-state index in [0.717, 1.165) is 16.7 Å². The molecule has 7 heteroatoms. The van der Waals surface area contributed by atoms with E-state index in [4.69, 9.17) is 23.7 Å². The molecule has 1 aliphatic carbocycles. The van der Waals surface area contributed by atoms with Crippen LogP contribution in [0.3, 0.4) is 0 Å². The normalized spacial score (nSPS) is 20.2. The molecule has 170 valence electrons. The van der Waals surface area contributed by atoms with Crippen molar-refractivity contribution < 1.29 is 33.9 Å². The summed E-state index contributed by atoms with van der Waals surface area (Å²) in [5, 5.41) is 21.4. The second kappa shape index (κ2) is 9.14. The second-order valence-electron chi connectivity index (χ2n) is 7.84. The molecule has 0 radical (unpaired) electrons. The number of aromatic hydroxyl groups is 2. The Kier molecular flexibility index (Phi) is 6.74. The topological polar surface area (TPSA) is 86.6 Å². The van der Waals surface area contributed by atoms with Gasteiger partial charge in [-0.05, 0) is 48.4 Å². The highest BCUT2D eigenvalue weighted by Gasteiger charge is 2.37. The average Bonchev–Trinajstić information content (AvgIpc) is 2.75. The van der Waals surface area contributed by atoms with Gasteiger partial charge in [-0.2, -0.15) is 0 Å². The van der Waals surface area contributed by atoms with Crippen LogP contribution in [0.1, 0.15) is 38.0 Å². The van der Waals surface area contributed by atoms with E-state index < -0.39 is 0 Å². The number of methoxy groups -OCH3 is 4. The second-order valence-corrected chi connectivity index (χ2v) is 7.84. The highest BCUT2D eigenvalue weighted by molar-refractivity contribution is 5.88. The Balaban J connectivity index is 2.55. The van der Waals surface area contributed by atoms with E-state index in [1.165, 1.54) is 28.4 Å². The maximum atomic E-state index is 10.7. The maximum Gasteiger partial charge on any atom is 0.203 e. The van der Waals surface area contributed by atoms with Gasteiger partial charge in [0.1, 0.15) is 0 Å². The van der Waals surface area contributed by atoms with Crippen LogP contribution < -0.4 is 18.9 Å². The molecule has 1 aliphatic rings. The van der Waals surface area contributed by atoms with Crippen molar-refractivity contribution in [3.05, 3.63) is 23.3 Å². The van der Waals surface area contributed by atoms with Crippen molar-refractivity contribution in [2.75, 3.05) is 35.0 Å². The van der Waals surface area contributed by atoms with Gasteiger partial charge in [0.25, 0.3) is 0 Å². The smallest absolute Gasteiger partial charge is 0.203 e. The van der Waals surface area contributed by atoms with Crippen LogP contribution in [0.4, 0.5) is 0 Å². The lowest BCUT2D eigenvalue weighted by Crippen LogP contribution is -2.25. The molecule has 3 rings (SSSR count). The molecule has 2 aromatic carbocycles. The fourth-order valence-corrected chi connectivity index (χ4v) is 4.56. The number of phenolic OH excluding ortho intramolecular Hbond substituents is 2. The summed E-state index contributed by atoms with van der Waals surface area (Å²) < 4.78 is 28.6. The molecule has 2 N–H and O–H groups in total. The van der Waals surface area contributed by atoms with Gasteiger partial charge in [-0.3, -0.25) is 0 Å². The molecule has 0 unspecified atom stereocenters. The first-order valence-electron chi connectivity index (χ1n) is 10.4. The summed E-state index contributed by atoms with van der Waals surface area (Å²) in [7, 11) is 6.03. The van der Waals surface area contributed by atoms with Crippen molar-refractivity contribution in [2.24, 2.45) is 11.8 Å². The summed E-state index contributed by atoms with van der Waals surface area (Å²) in [4.78, 5) is 0. The molecular formula is C24H32O7. The monoisotopic (exact) mass is 432 g/mol. The number of fused-ring (bicyclic) bond motifs is 3. The van der Waals surface area contributed by atoms with Gasteiger partial charge in [0, 0.05) is 17.7 Å². The van der Waals surface area contributed by atoms with Crippen LogP contribution in [0, 0.1) is 11.8 Å². The van der Waals surface area contributed by atoms with Gasteiger partial charge in [-0.25, -0.2) is 0 Å². The number of hydrogen-bond acceptors (Lipinski definition) is 7. The van der Waals surface area contributed by atoms with E-state index in [2.05, 4.69) is 13.8 Å². The third kappa shape index (κ3) is 3.71. The predicted molar refractivity (Wildman–Crippen MR) is 118 cm³/mol. The number of benzene rings is 2. The summed E-state index contributed by atoms with van der Waals surface area (Å²) in [5.74, 6) is 1.53. The van der Waals surface area contributed by atoms with Gasteiger partial charge in [-0.1, -0.05) is 13.8 Å². The molecule has 0 saturated heterocycles. The number of hydrogen-bond donors (Lipinski definition) is 2. The summed E-state index contributed by atoms with van der Waals surface area (Å²) in [6, 6.07) is 3.39. The largest absolute Gasteiger partial charge is 0.504 e. The number of phenols is 2. The molecule has 31 heavy (non-hydrogen) atoms. The first-order valence-corrected chi connectivity index (χ1v) is 10.4. The number of rotatable bonds is 6. The molecule has 7 nitrogen and oxygen atoms in total. The molecule has 0 bridgehead atoms. The standard InChI is InChI=1S/C24H32O7/c1-8-31-20-13(3)12(2)9-14-10-16(25)21(27-4)23(29-6)18(14)19-15(20)11-17(26)22(28-5)24(19)30-7/h10-13,20,25-26H,8-9H2,1-7H3/t12-,13-,20+/m0/s1. The van der Waals surface area contributed by atoms with Crippen molar-refractivity contribution in [3.63, 3.8) is 0 Å². The minimum atomic E-state index is -0.293. The van der Waals surface area contributed by atoms with Crippen LogP contribution >= 0.6 is 0 Å². The van der Waals surface area contributed by atoms with Crippen LogP contribution in [0.25, 0.3) is 11.1 Å². The van der Waals surface area contributed by atoms with E-state index in [1.54, 1.807) is 12.1 Å². The lowest BCUT2D eigenvalue weighted by Gasteiger charge is -2.35. The third-order valence-corrected chi connectivity index (χ3v) is 6.18. The molecule has 0 fully saturated rings. The molecule has 0 aliphatic heterocycles. The van der Waals surface area contributed by atoms with Crippen molar-refractivity contribution in [1.82, 2.24) is 0 Å². The zero-order chi connectivity index (χ0) is 22.9. The highest BCUT2D eigenvalue weighted by Crippen LogP contribution is 2.57. The zero-order valence-electron chi connectivity index (χ0n) is 19.2. The van der Waals surface area contributed by atoms with Crippen molar-refractivity contribution in [2.45, 2.75) is 33.3 Å². The highest BCUT2D eigenvalue weighted by atomic mass is 16.5. The van der Waals surface area contributed by atoms with Gasteiger partial charge >= 0.3 is 0 Å². The molecule has 3 atom stereocenters. The first kappa shape index (κ1) is 22.9. The lowest BCUT2D eigenvalue weighted by atomic mass is 9.76. The summed E-state index contributed by atoms with van der Waals surface area (Å²) >= 11 is 0. The number of ether oxygens (including phenoxy) is 5. The van der Waals surface area contributed by atoms with Gasteiger partial charge in [-0.15, -0.1) is 0 Å². The minimum Gasteiger partial charge on any atom is -0.504 e. The SMILES string of the molecule is CCO[C@H]1c2cc(O)c(OC)c(OC)c2-c2c(cc(O)c(OC)c2OC)C[C@H](C)[C@@H]1C. The molecule has 0 amide bonds. The van der Waals surface area contributed by atoms with Gasteiger partial charge < -0.3 is 33.9 Å². The van der Waals surface area contributed by atoms with Crippen molar-refractivity contribution in [3.8, 4) is 45.6 Å². The molecule has 0 saturated carbocycles. The molecular weight excluding hydrogens is 400 g/mol. The van der Waals surface area contributed by atoms with Crippen LogP contribution in [-0.2, 0) is 11.2 Å². The molecule has 2 aromatic rings. The Bertz CT molecular complexity index is 954. The molecule has 0 aromatic heterocycles. The first-order chi connectivity index (χ1) is 14.8. The van der Waals surface area contributed by atoms with E-state index in [9.17, 15) is 10.2 Å². The Morgan fingerprint density at radius 3 is 1.84 bits per heavy atom. The quantitative estimate of drug-likeness (QED) is 0.684. The van der Waals surface area contributed by atoms with E-state index in [1.807, 2.05) is 6.92 Å². The lowest BCUT2D eigenvalue weighted by molar-refractivity contribution is 0.00611. The van der Waals surface area contributed by atoms with Crippen LogP contribution in [-0.4, -0.2) is 45.3 Å². The Morgan fingerprint density at radius 2 is 1.32 bits per heavy atom. The minimum absolute atomic E-state index is 0.00569. The van der Waals surface area contributed by atoms with E-state index >= 15 is 0 Å². The van der Waals surface area contributed by atoms with E-state index in [-0.39, 0.29) is 40.9 Å². The van der Waals surface area contributed by atoms with Crippen LogP contribution in [0.15, 0.2) is 12.1 Å². The Morgan fingerprint density at radius 1 is 0.806 bits per heavy atom. The summed E-state index contributed by atoms with van der Waals surface area (Å²) in [6.45, 7) is 6.75. The van der Waals surface area contributed by atoms with Crippen LogP contribution in [0.2, 0.25) is 0 Å². The average molecular weight is 433 g/mol. The Labute approximate surface area is 183 Å². The van der Waals surface area contributed by atoms with E-state index in [0.29, 0.717) is 30.1 Å². The Hall–Kier alpha value is -2.80. The van der Waals surface area contributed by atoms with Crippen molar-refractivity contribution in [1.29, 1.82) is 0 Å². The fourth-order valence-electron chi connectivity index (χ4n) is 4.56. The molecule has 0 spiro atoms. The van der Waals surface area contributed by atoms with Gasteiger partial charge in [0.05, 0.1) is 34.5 Å².